The molecule has 0 aliphatic rings. The number of aryl methyl sites for hydroxylation is 2. The minimum atomic E-state index is -0.973. The van der Waals surface area contributed by atoms with Gasteiger partial charge in [0, 0.05) is 11.1 Å². The topological polar surface area (TPSA) is 63.1 Å². The minimum Gasteiger partial charge on any atom is -0.478 e. The molecule has 0 saturated carbocycles. The number of benzene rings is 1. The molecule has 1 N–H and O–H groups in total. The highest BCUT2D eigenvalue weighted by Gasteiger charge is 2.12. The van der Waals surface area contributed by atoms with E-state index < -0.39 is 5.97 Å². The third-order valence-electron chi connectivity index (χ3n) is 2.87. The van der Waals surface area contributed by atoms with Gasteiger partial charge in [0.1, 0.15) is 5.82 Å². The molecule has 0 radical (unpaired) electrons. The molecule has 4 nitrogen and oxygen atoms in total. The number of nitrogens with zero attached hydrogens (tertiary/aromatic N) is 2. The lowest BCUT2D eigenvalue weighted by Crippen LogP contribution is -2.07. The van der Waals surface area contributed by atoms with E-state index in [2.05, 4.69) is 41.2 Å². The Bertz CT molecular complexity index is 612. The summed E-state index contributed by atoms with van der Waals surface area (Å²) < 4.78 is 0. The van der Waals surface area contributed by atoms with Crippen molar-refractivity contribution in [2.75, 3.05) is 0 Å². The first-order chi connectivity index (χ1) is 9.60. The van der Waals surface area contributed by atoms with Gasteiger partial charge in [-0.1, -0.05) is 24.6 Å². The predicted molar refractivity (Wildman–Crippen MR) is 79.1 cm³/mol. The van der Waals surface area contributed by atoms with Crippen LogP contribution in [0.25, 0.3) is 0 Å². The number of carboxylic acids is 1. The lowest BCUT2D eigenvalue weighted by molar-refractivity contribution is 0.0694. The van der Waals surface area contributed by atoms with Crippen molar-refractivity contribution in [1.29, 1.82) is 0 Å². The van der Waals surface area contributed by atoms with E-state index in [1.165, 1.54) is 11.8 Å². The zero-order valence-electron chi connectivity index (χ0n) is 11.5. The van der Waals surface area contributed by atoms with E-state index in [0.29, 0.717) is 23.7 Å². The molecule has 0 aliphatic carbocycles. The van der Waals surface area contributed by atoms with Crippen LogP contribution in [0.5, 0.6) is 0 Å². The number of rotatable bonds is 5. The Morgan fingerprint density at radius 1 is 1.30 bits per heavy atom. The van der Waals surface area contributed by atoms with Gasteiger partial charge in [-0.15, -0.1) is 11.8 Å². The molecule has 0 spiro atoms. The second-order valence-electron chi connectivity index (χ2n) is 4.41. The summed E-state index contributed by atoms with van der Waals surface area (Å²) in [5.74, 6) is 0.327. The van der Waals surface area contributed by atoms with Crippen molar-refractivity contribution in [2.24, 2.45) is 0 Å². The molecule has 5 heteroatoms. The van der Waals surface area contributed by atoms with E-state index in [1.807, 2.05) is 6.92 Å². The summed E-state index contributed by atoms with van der Waals surface area (Å²) in [4.78, 5) is 20.6. The molecule has 104 valence electrons. The normalized spacial score (nSPS) is 10.5. The monoisotopic (exact) mass is 288 g/mol. The van der Waals surface area contributed by atoms with Crippen LogP contribution in [0.3, 0.4) is 0 Å². The molecule has 0 aliphatic heterocycles. The molecule has 1 heterocycles. The van der Waals surface area contributed by atoms with Crippen LogP contribution in [-0.2, 0) is 12.2 Å². The van der Waals surface area contributed by atoms with E-state index in [4.69, 9.17) is 5.11 Å². The fourth-order valence-electron chi connectivity index (χ4n) is 1.76. The van der Waals surface area contributed by atoms with Crippen molar-refractivity contribution in [2.45, 2.75) is 30.9 Å². The molecule has 0 atom stereocenters. The zero-order chi connectivity index (χ0) is 14.5. The third-order valence-corrected chi connectivity index (χ3v) is 3.88. The largest absolute Gasteiger partial charge is 0.478 e. The van der Waals surface area contributed by atoms with Gasteiger partial charge in [0.25, 0.3) is 0 Å². The van der Waals surface area contributed by atoms with Gasteiger partial charge >= 0.3 is 5.97 Å². The fourth-order valence-corrected chi connectivity index (χ4v) is 2.52. The van der Waals surface area contributed by atoms with E-state index in [0.717, 1.165) is 4.90 Å². The van der Waals surface area contributed by atoms with E-state index in [-0.39, 0.29) is 5.56 Å². The van der Waals surface area contributed by atoms with Gasteiger partial charge in [-0.3, -0.25) is 0 Å². The highest BCUT2D eigenvalue weighted by atomic mass is 32.2. The summed E-state index contributed by atoms with van der Waals surface area (Å²) in [6.45, 7) is 3.95. The Morgan fingerprint density at radius 2 is 2.00 bits per heavy atom. The van der Waals surface area contributed by atoms with Gasteiger partial charge in [-0.05, 0) is 25.5 Å². The molecular formula is C15H16N2O2S. The fraction of sp³-hybridized carbons (Fsp3) is 0.267. The number of thioether (sulfide) groups is 1. The van der Waals surface area contributed by atoms with Gasteiger partial charge in [0.15, 0.2) is 0 Å². The molecule has 1 aromatic heterocycles. The van der Waals surface area contributed by atoms with Crippen molar-refractivity contribution in [1.82, 2.24) is 9.97 Å². The molecule has 2 rings (SSSR count). The highest BCUT2D eigenvalue weighted by molar-refractivity contribution is 7.98. The number of carboxylic acid groups (broad SMARTS) is 1. The smallest absolute Gasteiger partial charge is 0.339 e. The standard InChI is InChI=1S/C15H16N2O2S/c1-3-13-12(15(18)19)8-16-14(17-13)9-20-11-6-4-10(2)5-7-11/h4-8H,3,9H2,1-2H3,(H,18,19). The highest BCUT2D eigenvalue weighted by Crippen LogP contribution is 2.22. The van der Waals surface area contributed by atoms with Crippen LogP contribution in [-0.4, -0.2) is 21.0 Å². The van der Waals surface area contributed by atoms with Gasteiger partial charge in [-0.25, -0.2) is 14.8 Å². The van der Waals surface area contributed by atoms with Crippen LogP contribution in [0.2, 0.25) is 0 Å². The van der Waals surface area contributed by atoms with Crippen molar-refractivity contribution in [3.05, 3.63) is 53.1 Å². The van der Waals surface area contributed by atoms with Gasteiger partial charge in [0.05, 0.1) is 17.0 Å². The predicted octanol–water partition coefficient (Wildman–Crippen LogP) is 3.34. The lowest BCUT2D eigenvalue weighted by Gasteiger charge is -2.06. The maximum Gasteiger partial charge on any atom is 0.339 e. The summed E-state index contributed by atoms with van der Waals surface area (Å²) in [5, 5.41) is 9.04. The zero-order valence-corrected chi connectivity index (χ0v) is 12.3. The van der Waals surface area contributed by atoms with E-state index in [1.54, 1.807) is 11.8 Å². The van der Waals surface area contributed by atoms with Crippen molar-refractivity contribution in [3.63, 3.8) is 0 Å². The Morgan fingerprint density at radius 3 is 2.60 bits per heavy atom. The van der Waals surface area contributed by atoms with Gasteiger partial charge in [-0.2, -0.15) is 0 Å². The quantitative estimate of drug-likeness (QED) is 0.855. The van der Waals surface area contributed by atoms with Crippen LogP contribution in [0, 0.1) is 6.92 Å². The van der Waals surface area contributed by atoms with Crippen molar-refractivity contribution < 1.29 is 9.90 Å². The van der Waals surface area contributed by atoms with Crippen LogP contribution in [0.4, 0.5) is 0 Å². The molecule has 20 heavy (non-hydrogen) atoms. The van der Waals surface area contributed by atoms with Crippen LogP contribution in [0.15, 0.2) is 35.4 Å². The Hall–Kier alpha value is -1.88. The molecular weight excluding hydrogens is 272 g/mol. The third kappa shape index (κ3) is 3.57. The summed E-state index contributed by atoms with van der Waals surface area (Å²) in [7, 11) is 0. The first-order valence-electron chi connectivity index (χ1n) is 6.37. The number of aromatic carboxylic acids is 1. The first kappa shape index (κ1) is 14.5. The molecule has 0 bridgehead atoms. The summed E-state index contributed by atoms with van der Waals surface area (Å²) >= 11 is 1.64. The molecule has 2 aromatic rings. The number of hydrogen-bond acceptors (Lipinski definition) is 4. The summed E-state index contributed by atoms with van der Waals surface area (Å²) in [6.07, 6.45) is 1.99. The number of carbonyl (C=O) groups is 1. The minimum absolute atomic E-state index is 0.191. The van der Waals surface area contributed by atoms with Crippen LogP contribution < -0.4 is 0 Å². The summed E-state index contributed by atoms with van der Waals surface area (Å²) in [6, 6.07) is 8.25. The average Bonchev–Trinajstić information content (AvgIpc) is 2.46. The second-order valence-corrected chi connectivity index (χ2v) is 5.46. The number of hydrogen-bond donors (Lipinski definition) is 1. The molecule has 1 aromatic carbocycles. The van der Waals surface area contributed by atoms with Crippen molar-refractivity contribution >= 4 is 17.7 Å². The summed E-state index contributed by atoms with van der Waals surface area (Å²) in [5.41, 5.74) is 2.01. The molecule has 0 unspecified atom stereocenters. The Balaban J connectivity index is 2.10. The number of aromatic nitrogens is 2. The van der Waals surface area contributed by atoms with E-state index >= 15 is 0 Å². The van der Waals surface area contributed by atoms with Gasteiger partial charge < -0.3 is 5.11 Å². The molecule has 0 amide bonds. The van der Waals surface area contributed by atoms with Crippen molar-refractivity contribution in [3.8, 4) is 0 Å². The maximum atomic E-state index is 11.0. The maximum absolute atomic E-state index is 11.0. The average molecular weight is 288 g/mol. The van der Waals surface area contributed by atoms with E-state index in [9.17, 15) is 4.79 Å². The lowest BCUT2D eigenvalue weighted by atomic mass is 10.2. The first-order valence-corrected chi connectivity index (χ1v) is 7.36. The Kier molecular flexibility index (Phi) is 4.74. The molecule has 0 fully saturated rings. The van der Waals surface area contributed by atoms with Crippen LogP contribution >= 0.6 is 11.8 Å². The Labute approximate surface area is 122 Å². The second kappa shape index (κ2) is 6.52. The van der Waals surface area contributed by atoms with Gasteiger partial charge in [0.2, 0.25) is 0 Å². The van der Waals surface area contributed by atoms with Crippen LogP contribution in [0.1, 0.15) is 34.4 Å². The SMILES string of the molecule is CCc1nc(CSc2ccc(C)cc2)ncc1C(=O)O. The molecule has 0 saturated heterocycles.